The standard InChI is InChI=1S/C24H29N3O4/c1-3-30-23(28)12-11-22-10-9-21(15-25-22)17-26-13-14-27(19(2)16-26)24(29)31-18-20-7-5-4-6-8-20/h4-12,15,19H,3,13-14,16-18H2,1-2H3/t19-/m0/s1. The molecule has 7 nitrogen and oxygen atoms in total. The number of piperazine rings is 1. The molecule has 164 valence electrons. The van der Waals surface area contributed by atoms with Crippen molar-refractivity contribution < 1.29 is 19.1 Å². The van der Waals surface area contributed by atoms with Crippen LogP contribution >= 0.6 is 0 Å². The largest absolute Gasteiger partial charge is 0.463 e. The third-order valence-corrected chi connectivity index (χ3v) is 5.08. The summed E-state index contributed by atoms with van der Waals surface area (Å²) in [5.41, 5.74) is 2.77. The summed E-state index contributed by atoms with van der Waals surface area (Å²) >= 11 is 0. The summed E-state index contributed by atoms with van der Waals surface area (Å²) in [5, 5.41) is 0. The van der Waals surface area contributed by atoms with Crippen LogP contribution in [0.4, 0.5) is 4.79 Å². The minimum atomic E-state index is -0.373. The van der Waals surface area contributed by atoms with Gasteiger partial charge in [-0.2, -0.15) is 0 Å². The second-order valence-electron chi connectivity index (χ2n) is 7.49. The van der Waals surface area contributed by atoms with Crippen molar-refractivity contribution >= 4 is 18.1 Å². The molecule has 1 aliphatic heterocycles. The summed E-state index contributed by atoms with van der Waals surface area (Å²) in [6, 6.07) is 13.6. The van der Waals surface area contributed by atoms with E-state index in [0.29, 0.717) is 18.8 Å². The van der Waals surface area contributed by atoms with Crippen LogP contribution < -0.4 is 0 Å². The van der Waals surface area contributed by atoms with E-state index < -0.39 is 0 Å². The van der Waals surface area contributed by atoms with Crippen LogP contribution in [0.5, 0.6) is 0 Å². The molecular formula is C24H29N3O4. The number of amides is 1. The van der Waals surface area contributed by atoms with Gasteiger partial charge >= 0.3 is 12.1 Å². The van der Waals surface area contributed by atoms with Crippen molar-refractivity contribution in [2.75, 3.05) is 26.2 Å². The fourth-order valence-electron chi connectivity index (χ4n) is 3.48. The maximum atomic E-state index is 12.5. The highest BCUT2D eigenvalue weighted by molar-refractivity contribution is 5.86. The number of benzene rings is 1. The molecule has 0 spiro atoms. The number of pyridine rings is 1. The molecule has 0 aliphatic carbocycles. The molecule has 1 aromatic heterocycles. The SMILES string of the molecule is CCOC(=O)C=Cc1ccc(CN2CCN(C(=O)OCc3ccccc3)[C@@H](C)C2)cn1. The van der Waals surface area contributed by atoms with Gasteiger partial charge in [0.1, 0.15) is 6.61 Å². The molecule has 31 heavy (non-hydrogen) atoms. The van der Waals surface area contributed by atoms with Crippen molar-refractivity contribution in [3.63, 3.8) is 0 Å². The van der Waals surface area contributed by atoms with Gasteiger partial charge in [-0.05, 0) is 37.1 Å². The molecule has 1 saturated heterocycles. The number of ether oxygens (including phenoxy) is 2. The molecule has 0 bridgehead atoms. The average molecular weight is 424 g/mol. The van der Waals surface area contributed by atoms with Gasteiger partial charge in [-0.15, -0.1) is 0 Å². The van der Waals surface area contributed by atoms with Gasteiger partial charge in [-0.3, -0.25) is 9.88 Å². The summed E-state index contributed by atoms with van der Waals surface area (Å²) in [7, 11) is 0. The van der Waals surface area contributed by atoms with Crippen molar-refractivity contribution in [1.29, 1.82) is 0 Å². The Morgan fingerprint density at radius 1 is 1.10 bits per heavy atom. The summed E-state index contributed by atoms with van der Waals surface area (Å²) < 4.78 is 10.3. The van der Waals surface area contributed by atoms with Gasteiger partial charge in [0.25, 0.3) is 0 Å². The number of aromatic nitrogens is 1. The molecule has 0 radical (unpaired) electrons. The number of rotatable bonds is 7. The maximum absolute atomic E-state index is 12.5. The summed E-state index contributed by atoms with van der Waals surface area (Å²) in [5.74, 6) is -0.373. The highest BCUT2D eigenvalue weighted by Gasteiger charge is 2.28. The first-order valence-corrected chi connectivity index (χ1v) is 10.5. The molecular weight excluding hydrogens is 394 g/mol. The lowest BCUT2D eigenvalue weighted by molar-refractivity contribution is -0.137. The van der Waals surface area contributed by atoms with E-state index in [-0.39, 0.29) is 24.7 Å². The molecule has 0 unspecified atom stereocenters. The second kappa shape index (κ2) is 11.3. The lowest BCUT2D eigenvalue weighted by Crippen LogP contribution is -2.53. The Morgan fingerprint density at radius 2 is 1.90 bits per heavy atom. The van der Waals surface area contributed by atoms with Crippen molar-refractivity contribution in [3.05, 3.63) is 71.6 Å². The van der Waals surface area contributed by atoms with E-state index in [1.807, 2.05) is 55.6 Å². The van der Waals surface area contributed by atoms with Crippen LogP contribution in [-0.2, 0) is 27.4 Å². The van der Waals surface area contributed by atoms with Gasteiger partial charge in [-0.1, -0.05) is 36.4 Å². The highest BCUT2D eigenvalue weighted by atomic mass is 16.6. The number of carbonyl (C=O) groups is 2. The number of nitrogens with zero attached hydrogens (tertiary/aromatic N) is 3. The van der Waals surface area contributed by atoms with E-state index in [9.17, 15) is 9.59 Å². The summed E-state index contributed by atoms with van der Waals surface area (Å²) in [6.45, 7) is 7.38. The van der Waals surface area contributed by atoms with Crippen LogP contribution in [0.25, 0.3) is 6.08 Å². The van der Waals surface area contributed by atoms with Gasteiger partial charge in [0.2, 0.25) is 0 Å². The quantitative estimate of drug-likeness (QED) is 0.501. The average Bonchev–Trinajstić information content (AvgIpc) is 2.78. The Labute approximate surface area is 183 Å². The third kappa shape index (κ3) is 6.93. The summed E-state index contributed by atoms with van der Waals surface area (Å²) in [4.78, 5) is 32.3. The fourth-order valence-corrected chi connectivity index (χ4v) is 3.48. The van der Waals surface area contributed by atoms with Crippen LogP contribution in [0.1, 0.15) is 30.7 Å². The van der Waals surface area contributed by atoms with Crippen LogP contribution in [0.3, 0.4) is 0 Å². The Morgan fingerprint density at radius 3 is 2.58 bits per heavy atom. The Kier molecular flexibility index (Phi) is 8.18. The molecule has 1 aliphatic rings. The Bertz CT molecular complexity index is 883. The minimum Gasteiger partial charge on any atom is -0.463 e. The van der Waals surface area contributed by atoms with E-state index in [4.69, 9.17) is 9.47 Å². The van der Waals surface area contributed by atoms with E-state index >= 15 is 0 Å². The Hall–Kier alpha value is -3.19. The first-order chi connectivity index (χ1) is 15.0. The molecule has 1 aromatic carbocycles. The van der Waals surface area contributed by atoms with Gasteiger partial charge < -0.3 is 14.4 Å². The first kappa shape index (κ1) is 22.5. The first-order valence-electron chi connectivity index (χ1n) is 10.5. The zero-order valence-corrected chi connectivity index (χ0v) is 18.1. The normalized spacial score (nSPS) is 17.0. The van der Waals surface area contributed by atoms with Crippen LogP contribution in [0.2, 0.25) is 0 Å². The van der Waals surface area contributed by atoms with Gasteiger partial charge in [0.05, 0.1) is 12.3 Å². The predicted molar refractivity (Wildman–Crippen MR) is 118 cm³/mol. The van der Waals surface area contributed by atoms with Crippen molar-refractivity contribution in [1.82, 2.24) is 14.8 Å². The Balaban J connectivity index is 1.46. The monoisotopic (exact) mass is 423 g/mol. The minimum absolute atomic E-state index is 0.0665. The van der Waals surface area contributed by atoms with Crippen LogP contribution in [0.15, 0.2) is 54.7 Å². The zero-order valence-electron chi connectivity index (χ0n) is 18.1. The van der Waals surface area contributed by atoms with Crippen LogP contribution in [-0.4, -0.2) is 59.1 Å². The molecule has 0 saturated carbocycles. The molecule has 2 heterocycles. The number of hydrogen-bond donors (Lipinski definition) is 0. The lowest BCUT2D eigenvalue weighted by Gasteiger charge is -2.39. The van der Waals surface area contributed by atoms with Gasteiger partial charge in [0.15, 0.2) is 0 Å². The van der Waals surface area contributed by atoms with Crippen molar-refractivity contribution in [2.45, 2.75) is 33.0 Å². The maximum Gasteiger partial charge on any atom is 0.410 e. The molecule has 1 amide bonds. The second-order valence-corrected chi connectivity index (χ2v) is 7.49. The van der Waals surface area contributed by atoms with Crippen LogP contribution in [0, 0.1) is 0 Å². The molecule has 0 N–H and O–H groups in total. The van der Waals surface area contributed by atoms with Crippen molar-refractivity contribution in [2.24, 2.45) is 0 Å². The number of carbonyl (C=O) groups excluding carboxylic acids is 2. The van der Waals surface area contributed by atoms with E-state index in [1.54, 1.807) is 17.9 Å². The molecule has 3 rings (SSSR count). The lowest BCUT2D eigenvalue weighted by atomic mass is 10.1. The smallest absolute Gasteiger partial charge is 0.410 e. The van der Waals surface area contributed by atoms with Gasteiger partial charge in [-0.25, -0.2) is 9.59 Å². The van der Waals surface area contributed by atoms with E-state index in [1.165, 1.54) is 6.08 Å². The van der Waals surface area contributed by atoms with E-state index in [0.717, 1.165) is 30.8 Å². The molecule has 7 heteroatoms. The zero-order chi connectivity index (χ0) is 22.1. The number of esters is 1. The molecule has 1 atom stereocenters. The topological polar surface area (TPSA) is 72.0 Å². The highest BCUT2D eigenvalue weighted by Crippen LogP contribution is 2.15. The predicted octanol–water partition coefficient (Wildman–Crippen LogP) is 3.50. The molecule has 1 fully saturated rings. The van der Waals surface area contributed by atoms with Crippen molar-refractivity contribution in [3.8, 4) is 0 Å². The third-order valence-electron chi connectivity index (χ3n) is 5.08. The van der Waals surface area contributed by atoms with Gasteiger partial charge in [0, 0.05) is 44.5 Å². The molecule has 2 aromatic rings. The fraction of sp³-hybridized carbons (Fsp3) is 0.375. The number of hydrogen-bond acceptors (Lipinski definition) is 6. The van der Waals surface area contributed by atoms with E-state index in [2.05, 4.69) is 9.88 Å². The summed E-state index contributed by atoms with van der Waals surface area (Å²) in [6.07, 6.45) is 4.57.